The molecule has 0 unspecified atom stereocenters. The van der Waals surface area contributed by atoms with Gasteiger partial charge in [-0.15, -0.1) is 0 Å². The number of aliphatic carboxylic acids is 1. The SMILES string of the molecule is CC(C)c1[nH]n(C(C)(C)C)c(=O)c1CC(=O)O. The Morgan fingerprint density at radius 3 is 2.29 bits per heavy atom. The van der Waals surface area contributed by atoms with Crippen molar-refractivity contribution in [2.45, 2.75) is 52.5 Å². The second-order valence-corrected chi connectivity index (χ2v) is 5.54. The molecule has 1 heterocycles. The molecular weight excluding hydrogens is 220 g/mol. The highest BCUT2D eigenvalue weighted by atomic mass is 16.4. The predicted octanol–water partition coefficient (Wildman–Crippen LogP) is 1.68. The molecule has 2 N–H and O–H groups in total. The van der Waals surface area contributed by atoms with Crippen LogP contribution < -0.4 is 5.56 Å². The molecule has 0 amide bonds. The van der Waals surface area contributed by atoms with Gasteiger partial charge < -0.3 is 5.11 Å². The molecule has 0 saturated heterocycles. The monoisotopic (exact) mass is 240 g/mol. The molecule has 0 bridgehead atoms. The molecule has 5 nitrogen and oxygen atoms in total. The van der Waals surface area contributed by atoms with Crippen LogP contribution >= 0.6 is 0 Å². The van der Waals surface area contributed by atoms with Gasteiger partial charge in [-0.1, -0.05) is 13.8 Å². The van der Waals surface area contributed by atoms with Gasteiger partial charge in [-0.25, -0.2) is 4.68 Å². The zero-order chi connectivity index (χ0) is 13.4. The lowest BCUT2D eigenvalue weighted by atomic mass is 10.0. The molecule has 0 saturated carbocycles. The summed E-state index contributed by atoms with van der Waals surface area (Å²) in [6.07, 6.45) is -0.230. The maximum Gasteiger partial charge on any atom is 0.308 e. The van der Waals surface area contributed by atoms with Gasteiger partial charge in [-0.2, -0.15) is 0 Å². The Hall–Kier alpha value is -1.52. The van der Waals surface area contributed by atoms with Gasteiger partial charge in [0, 0.05) is 5.69 Å². The van der Waals surface area contributed by atoms with E-state index >= 15 is 0 Å². The highest BCUT2D eigenvalue weighted by Gasteiger charge is 2.24. The van der Waals surface area contributed by atoms with Crippen LogP contribution in [-0.4, -0.2) is 20.9 Å². The topological polar surface area (TPSA) is 75.1 Å². The average Bonchev–Trinajstić information content (AvgIpc) is 2.42. The lowest BCUT2D eigenvalue weighted by Gasteiger charge is -2.19. The van der Waals surface area contributed by atoms with E-state index in [1.54, 1.807) is 0 Å². The first kappa shape index (κ1) is 13.5. The molecule has 0 spiro atoms. The van der Waals surface area contributed by atoms with E-state index in [-0.39, 0.29) is 23.4 Å². The van der Waals surface area contributed by atoms with Crippen LogP contribution in [0.4, 0.5) is 0 Å². The van der Waals surface area contributed by atoms with E-state index in [2.05, 4.69) is 5.10 Å². The summed E-state index contributed by atoms with van der Waals surface area (Å²) >= 11 is 0. The van der Waals surface area contributed by atoms with Gasteiger partial charge >= 0.3 is 5.97 Å². The highest BCUT2D eigenvalue weighted by molar-refractivity contribution is 5.70. The van der Waals surface area contributed by atoms with E-state index in [9.17, 15) is 9.59 Å². The molecule has 0 fully saturated rings. The first-order valence-corrected chi connectivity index (χ1v) is 5.70. The molecule has 0 aliphatic carbocycles. The molecule has 1 rings (SSSR count). The lowest BCUT2D eigenvalue weighted by Crippen LogP contribution is -2.33. The molecule has 96 valence electrons. The fourth-order valence-corrected chi connectivity index (χ4v) is 1.76. The summed E-state index contributed by atoms with van der Waals surface area (Å²) in [5.41, 5.74) is 0.468. The number of rotatable bonds is 3. The molecule has 0 atom stereocenters. The molecule has 0 radical (unpaired) electrons. The van der Waals surface area contributed by atoms with Crippen LogP contribution in [0.1, 0.15) is 51.8 Å². The van der Waals surface area contributed by atoms with E-state index in [0.717, 1.165) is 0 Å². The third-order valence-corrected chi connectivity index (χ3v) is 2.59. The summed E-state index contributed by atoms with van der Waals surface area (Å²) in [6.45, 7) is 9.58. The lowest BCUT2D eigenvalue weighted by molar-refractivity contribution is -0.136. The van der Waals surface area contributed by atoms with Gasteiger partial charge in [-0.3, -0.25) is 14.7 Å². The van der Waals surface area contributed by atoms with Gasteiger partial charge in [0.15, 0.2) is 0 Å². The average molecular weight is 240 g/mol. The van der Waals surface area contributed by atoms with E-state index in [1.165, 1.54) is 4.68 Å². The summed E-state index contributed by atoms with van der Waals surface area (Å²) in [7, 11) is 0. The Morgan fingerprint density at radius 1 is 1.41 bits per heavy atom. The van der Waals surface area contributed by atoms with Crippen molar-refractivity contribution in [3.63, 3.8) is 0 Å². The van der Waals surface area contributed by atoms with Crippen LogP contribution in [0.25, 0.3) is 0 Å². The van der Waals surface area contributed by atoms with Crippen molar-refractivity contribution in [3.05, 3.63) is 21.6 Å². The Kier molecular flexibility index (Phi) is 3.50. The van der Waals surface area contributed by atoms with Crippen LogP contribution in [0.5, 0.6) is 0 Å². The van der Waals surface area contributed by atoms with Crippen molar-refractivity contribution in [1.82, 2.24) is 9.78 Å². The Bertz CT molecular complexity index is 475. The van der Waals surface area contributed by atoms with Crippen molar-refractivity contribution < 1.29 is 9.90 Å². The van der Waals surface area contributed by atoms with E-state index in [4.69, 9.17) is 5.11 Å². The largest absolute Gasteiger partial charge is 0.481 e. The number of aromatic amines is 1. The molecular formula is C12H20N2O3. The summed E-state index contributed by atoms with van der Waals surface area (Å²) in [6, 6.07) is 0. The summed E-state index contributed by atoms with van der Waals surface area (Å²) in [5.74, 6) is -0.885. The van der Waals surface area contributed by atoms with Gasteiger partial charge in [0.2, 0.25) is 0 Å². The highest BCUT2D eigenvalue weighted by Crippen LogP contribution is 2.18. The first-order chi connectivity index (χ1) is 7.64. The standard InChI is InChI=1S/C12H20N2O3/c1-7(2)10-8(6-9(15)16)11(17)14(13-10)12(3,4)5/h7,13H,6H2,1-5H3,(H,15,16). The molecule has 5 heteroatoms. The van der Waals surface area contributed by atoms with E-state index in [0.29, 0.717) is 11.3 Å². The zero-order valence-electron chi connectivity index (χ0n) is 11.0. The van der Waals surface area contributed by atoms with Crippen LogP contribution in [0, 0.1) is 0 Å². The second kappa shape index (κ2) is 4.39. The Labute approximate surface area is 100 Å². The molecule has 1 aromatic rings. The number of aromatic nitrogens is 2. The van der Waals surface area contributed by atoms with Crippen LogP contribution in [0.15, 0.2) is 4.79 Å². The third-order valence-electron chi connectivity index (χ3n) is 2.59. The number of hydrogen-bond donors (Lipinski definition) is 2. The Morgan fingerprint density at radius 2 is 1.94 bits per heavy atom. The third kappa shape index (κ3) is 2.78. The number of carboxylic acids is 1. The van der Waals surface area contributed by atoms with Crippen molar-refractivity contribution in [2.24, 2.45) is 0 Å². The fraction of sp³-hybridized carbons (Fsp3) is 0.667. The Balaban J connectivity index is 3.41. The van der Waals surface area contributed by atoms with E-state index in [1.807, 2.05) is 34.6 Å². The van der Waals surface area contributed by atoms with Crippen molar-refractivity contribution in [3.8, 4) is 0 Å². The number of hydrogen-bond acceptors (Lipinski definition) is 2. The quantitative estimate of drug-likeness (QED) is 0.844. The normalized spacial score (nSPS) is 12.1. The van der Waals surface area contributed by atoms with Crippen LogP contribution in [0.3, 0.4) is 0 Å². The van der Waals surface area contributed by atoms with Gasteiger partial charge in [0.25, 0.3) is 5.56 Å². The minimum Gasteiger partial charge on any atom is -0.481 e. The number of nitrogens with one attached hydrogen (secondary N) is 1. The van der Waals surface area contributed by atoms with Gasteiger partial charge in [0.1, 0.15) is 0 Å². The number of nitrogens with zero attached hydrogens (tertiary/aromatic N) is 1. The van der Waals surface area contributed by atoms with Gasteiger partial charge in [-0.05, 0) is 26.7 Å². The second-order valence-electron chi connectivity index (χ2n) is 5.54. The first-order valence-electron chi connectivity index (χ1n) is 5.70. The summed E-state index contributed by atoms with van der Waals surface area (Å²) in [5, 5.41) is 11.9. The minimum atomic E-state index is -0.982. The maximum atomic E-state index is 12.1. The molecule has 1 aromatic heterocycles. The van der Waals surface area contributed by atoms with Gasteiger partial charge in [0.05, 0.1) is 17.5 Å². The van der Waals surface area contributed by atoms with Crippen LogP contribution in [-0.2, 0) is 16.8 Å². The molecule has 17 heavy (non-hydrogen) atoms. The maximum absolute atomic E-state index is 12.1. The predicted molar refractivity (Wildman–Crippen MR) is 65.5 cm³/mol. The smallest absolute Gasteiger partial charge is 0.308 e. The number of H-pyrrole nitrogens is 1. The number of carboxylic acid groups (broad SMARTS) is 1. The minimum absolute atomic E-state index is 0.0978. The summed E-state index contributed by atoms with van der Waals surface area (Å²) < 4.78 is 1.50. The van der Waals surface area contributed by atoms with E-state index < -0.39 is 5.97 Å². The number of carbonyl (C=O) groups is 1. The van der Waals surface area contributed by atoms with Crippen molar-refractivity contribution in [1.29, 1.82) is 0 Å². The zero-order valence-corrected chi connectivity index (χ0v) is 11.0. The van der Waals surface area contributed by atoms with Crippen molar-refractivity contribution >= 4 is 5.97 Å². The summed E-state index contributed by atoms with van der Waals surface area (Å²) in [4.78, 5) is 22.9. The fourth-order valence-electron chi connectivity index (χ4n) is 1.76. The molecule has 0 aromatic carbocycles. The van der Waals surface area contributed by atoms with Crippen LogP contribution in [0.2, 0.25) is 0 Å². The van der Waals surface area contributed by atoms with Crippen molar-refractivity contribution in [2.75, 3.05) is 0 Å². The molecule has 0 aliphatic rings. The molecule has 0 aliphatic heterocycles.